The highest BCUT2D eigenvalue weighted by Gasteiger charge is 2.01. The molecule has 22 heavy (non-hydrogen) atoms. The third-order valence-corrected chi connectivity index (χ3v) is 3.80. The maximum atomic E-state index is 6.04. The van der Waals surface area contributed by atoms with Crippen LogP contribution in [0, 0.1) is 0 Å². The number of fused-ring (bicyclic) bond motifs is 1. The van der Waals surface area contributed by atoms with Crippen LogP contribution in [-0.2, 0) is 0 Å². The first-order valence-corrected chi connectivity index (χ1v) is 7.42. The number of aromatic nitrogens is 1. The molecule has 0 aliphatic carbocycles. The van der Waals surface area contributed by atoms with Gasteiger partial charge in [-0.05, 0) is 54.5 Å². The van der Waals surface area contributed by atoms with Crippen LogP contribution < -0.4 is 4.74 Å². The Morgan fingerprint density at radius 2 is 1.91 bits per heavy atom. The molecule has 1 aromatic heterocycles. The molecule has 1 heterocycles. The van der Waals surface area contributed by atoms with E-state index >= 15 is 0 Å². The first-order valence-electron chi connectivity index (χ1n) is 7.05. The number of benzene rings is 2. The summed E-state index contributed by atoms with van der Waals surface area (Å²) in [4.78, 5) is 4.65. The Balaban J connectivity index is 1.99. The molecule has 0 bridgehead atoms. The van der Waals surface area contributed by atoms with E-state index in [1.54, 1.807) is 7.11 Å². The molecule has 0 amide bonds. The van der Waals surface area contributed by atoms with Crippen LogP contribution in [0.3, 0.4) is 0 Å². The quantitative estimate of drug-likeness (QED) is 0.641. The van der Waals surface area contributed by atoms with Gasteiger partial charge in [0.2, 0.25) is 0 Å². The van der Waals surface area contributed by atoms with Crippen LogP contribution in [0.25, 0.3) is 22.6 Å². The van der Waals surface area contributed by atoms with Crippen LogP contribution in [0.15, 0.2) is 54.6 Å². The third-order valence-electron chi connectivity index (χ3n) is 3.57. The molecule has 2 aromatic carbocycles. The minimum absolute atomic E-state index is 0.700. The predicted molar refractivity (Wildman–Crippen MR) is 93.3 cm³/mol. The summed E-state index contributed by atoms with van der Waals surface area (Å²) in [6.45, 7) is 2.07. The largest absolute Gasteiger partial charge is 0.497 e. The van der Waals surface area contributed by atoms with Gasteiger partial charge in [-0.3, -0.25) is 0 Å². The summed E-state index contributed by atoms with van der Waals surface area (Å²) in [6, 6.07) is 17.8. The molecule has 0 atom stereocenters. The van der Waals surface area contributed by atoms with Gasteiger partial charge in [0.05, 0.1) is 18.3 Å². The number of allylic oxidation sites excluding steroid dienone is 1. The van der Waals surface area contributed by atoms with Crippen molar-refractivity contribution < 1.29 is 4.74 Å². The van der Waals surface area contributed by atoms with Gasteiger partial charge in [0.15, 0.2) is 0 Å². The van der Waals surface area contributed by atoms with E-state index in [9.17, 15) is 0 Å². The summed E-state index contributed by atoms with van der Waals surface area (Å²) in [5.41, 5.74) is 4.06. The van der Waals surface area contributed by atoms with Crippen molar-refractivity contribution in [3.63, 3.8) is 0 Å². The molecule has 0 spiro atoms. The molecule has 0 saturated carbocycles. The second kappa shape index (κ2) is 6.20. The van der Waals surface area contributed by atoms with E-state index in [0.717, 1.165) is 33.5 Å². The summed E-state index contributed by atoms with van der Waals surface area (Å²) in [5, 5.41) is 1.78. The van der Waals surface area contributed by atoms with E-state index in [0.29, 0.717) is 5.02 Å². The van der Waals surface area contributed by atoms with Gasteiger partial charge < -0.3 is 4.74 Å². The summed E-state index contributed by atoms with van der Waals surface area (Å²) in [7, 11) is 1.67. The Bertz CT molecular complexity index is 855. The average Bonchev–Trinajstić information content (AvgIpc) is 2.54. The van der Waals surface area contributed by atoms with Crippen molar-refractivity contribution in [3.8, 4) is 5.75 Å². The van der Waals surface area contributed by atoms with Crippen LogP contribution in [0.1, 0.15) is 18.2 Å². The van der Waals surface area contributed by atoms with Gasteiger partial charge in [-0.15, -0.1) is 0 Å². The number of methoxy groups -OCH3 is 1. The van der Waals surface area contributed by atoms with E-state index in [4.69, 9.17) is 16.3 Å². The zero-order valence-electron chi connectivity index (χ0n) is 12.5. The highest BCUT2D eigenvalue weighted by molar-refractivity contribution is 6.31. The molecule has 0 aliphatic rings. The van der Waals surface area contributed by atoms with Crippen LogP contribution in [0.2, 0.25) is 5.02 Å². The predicted octanol–water partition coefficient (Wildman–Crippen LogP) is 5.46. The van der Waals surface area contributed by atoms with E-state index < -0.39 is 0 Å². The summed E-state index contributed by atoms with van der Waals surface area (Å²) >= 11 is 6.04. The first kappa shape index (κ1) is 14.6. The second-order valence-electron chi connectivity index (χ2n) is 5.13. The van der Waals surface area contributed by atoms with Crippen molar-refractivity contribution in [1.82, 2.24) is 4.98 Å². The van der Waals surface area contributed by atoms with Crippen LogP contribution >= 0.6 is 11.6 Å². The minimum atomic E-state index is 0.700. The number of pyridine rings is 1. The van der Waals surface area contributed by atoms with E-state index in [-0.39, 0.29) is 0 Å². The molecule has 3 heteroatoms. The van der Waals surface area contributed by atoms with E-state index in [1.165, 1.54) is 0 Å². The molecule has 0 N–H and O–H groups in total. The smallest absolute Gasteiger partial charge is 0.119 e. The molecule has 0 saturated heterocycles. The molecule has 3 aromatic rings. The third kappa shape index (κ3) is 3.12. The molecule has 110 valence electrons. The van der Waals surface area contributed by atoms with Crippen LogP contribution in [0.4, 0.5) is 0 Å². The molecule has 0 fully saturated rings. The van der Waals surface area contributed by atoms with Gasteiger partial charge >= 0.3 is 0 Å². The van der Waals surface area contributed by atoms with Gasteiger partial charge in [-0.1, -0.05) is 35.9 Å². The molecule has 0 unspecified atom stereocenters. The van der Waals surface area contributed by atoms with E-state index in [2.05, 4.69) is 30.1 Å². The maximum absolute atomic E-state index is 6.04. The lowest BCUT2D eigenvalue weighted by atomic mass is 10.1. The topological polar surface area (TPSA) is 22.1 Å². The van der Waals surface area contributed by atoms with Crippen molar-refractivity contribution in [3.05, 3.63) is 70.9 Å². The van der Waals surface area contributed by atoms with Crippen molar-refractivity contribution in [1.29, 1.82) is 0 Å². The Morgan fingerprint density at radius 3 is 2.73 bits per heavy atom. The lowest BCUT2D eigenvalue weighted by Gasteiger charge is -2.05. The van der Waals surface area contributed by atoms with Crippen molar-refractivity contribution in [2.45, 2.75) is 6.92 Å². The first-order chi connectivity index (χ1) is 10.7. The van der Waals surface area contributed by atoms with Crippen LogP contribution in [0.5, 0.6) is 5.75 Å². The highest BCUT2D eigenvalue weighted by Crippen LogP contribution is 2.23. The Labute approximate surface area is 135 Å². The number of halogens is 1. The zero-order valence-corrected chi connectivity index (χ0v) is 13.3. The number of hydrogen-bond acceptors (Lipinski definition) is 2. The zero-order chi connectivity index (χ0) is 15.5. The molecular weight excluding hydrogens is 294 g/mol. The Morgan fingerprint density at radius 1 is 1.09 bits per heavy atom. The van der Waals surface area contributed by atoms with E-state index in [1.807, 2.05) is 42.5 Å². The second-order valence-corrected chi connectivity index (χ2v) is 5.57. The standard InChI is InChI=1S/C19H16ClNO/c1-13(15-4-3-5-18(11-15)22-2)10-17-9-7-14-6-8-16(20)12-19(14)21-17/h3-12H,1-2H3. The Hall–Kier alpha value is -2.32. The molecule has 2 nitrogen and oxygen atoms in total. The fourth-order valence-electron chi connectivity index (χ4n) is 2.36. The summed E-state index contributed by atoms with van der Waals surface area (Å²) in [5.74, 6) is 0.850. The number of nitrogens with zero attached hydrogens (tertiary/aromatic N) is 1. The normalized spacial score (nSPS) is 11.7. The molecule has 0 radical (unpaired) electrons. The Kier molecular flexibility index (Phi) is 4.12. The molecular formula is C19H16ClNO. The number of ether oxygens (including phenoxy) is 1. The number of rotatable bonds is 3. The molecule has 0 aliphatic heterocycles. The minimum Gasteiger partial charge on any atom is -0.497 e. The van der Waals surface area contributed by atoms with Crippen LogP contribution in [-0.4, -0.2) is 12.1 Å². The monoisotopic (exact) mass is 309 g/mol. The van der Waals surface area contributed by atoms with Gasteiger partial charge in [0, 0.05) is 10.4 Å². The van der Waals surface area contributed by atoms with Gasteiger partial charge in [-0.25, -0.2) is 4.98 Å². The lowest BCUT2D eigenvalue weighted by Crippen LogP contribution is -1.87. The fraction of sp³-hybridized carbons (Fsp3) is 0.105. The van der Waals surface area contributed by atoms with Gasteiger partial charge in [0.1, 0.15) is 5.75 Å². The fourth-order valence-corrected chi connectivity index (χ4v) is 2.53. The summed E-state index contributed by atoms with van der Waals surface area (Å²) in [6.07, 6.45) is 2.06. The van der Waals surface area contributed by atoms with Gasteiger partial charge in [0.25, 0.3) is 0 Å². The lowest BCUT2D eigenvalue weighted by molar-refractivity contribution is 0.414. The number of hydrogen-bond donors (Lipinski definition) is 0. The van der Waals surface area contributed by atoms with Crippen molar-refractivity contribution >= 4 is 34.2 Å². The maximum Gasteiger partial charge on any atom is 0.119 e. The molecule has 3 rings (SSSR count). The summed E-state index contributed by atoms with van der Waals surface area (Å²) < 4.78 is 5.27. The SMILES string of the molecule is COc1cccc(C(C)=Cc2ccc3ccc(Cl)cc3n2)c1. The average molecular weight is 310 g/mol. The van der Waals surface area contributed by atoms with Crippen molar-refractivity contribution in [2.75, 3.05) is 7.11 Å². The van der Waals surface area contributed by atoms with Gasteiger partial charge in [-0.2, -0.15) is 0 Å². The highest BCUT2D eigenvalue weighted by atomic mass is 35.5. The van der Waals surface area contributed by atoms with Crippen molar-refractivity contribution in [2.24, 2.45) is 0 Å².